The van der Waals surface area contributed by atoms with Crippen molar-refractivity contribution in [1.29, 1.82) is 0 Å². The van der Waals surface area contributed by atoms with E-state index >= 15 is 0 Å². The molecule has 1 aromatic rings. The van der Waals surface area contributed by atoms with Gasteiger partial charge in [-0.05, 0) is 12.1 Å². The molecule has 0 amide bonds. The highest BCUT2D eigenvalue weighted by molar-refractivity contribution is 5.74. The van der Waals surface area contributed by atoms with Gasteiger partial charge in [0.1, 0.15) is 5.75 Å². The second-order valence-electron chi connectivity index (χ2n) is 2.20. The zero-order chi connectivity index (χ0) is 8.27. The standard InChI is InChI=1S/C8H12N2O/c1-9-6-4-3-5-7(11)8(6)10-2/h3-5,9-11H,1-2H3. The maximum Gasteiger partial charge on any atom is 0.140 e. The van der Waals surface area contributed by atoms with Crippen molar-refractivity contribution >= 4 is 11.4 Å². The molecule has 0 saturated heterocycles. The molecule has 0 heterocycles. The van der Waals surface area contributed by atoms with Gasteiger partial charge >= 0.3 is 0 Å². The van der Waals surface area contributed by atoms with E-state index in [1.54, 1.807) is 19.2 Å². The fraction of sp³-hybridized carbons (Fsp3) is 0.250. The number of hydrogen-bond donors (Lipinski definition) is 3. The van der Waals surface area contributed by atoms with Crippen LogP contribution in [0.2, 0.25) is 0 Å². The smallest absolute Gasteiger partial charge is 0.140 e. The third-order valence-corrected chi connectivity index (χ3v) is 1.56. The zero-order valence-electron chi connectivity index (χ0n) is 6.68. The quantitative estimate of drug-likeness (QED) is 0.562. The molecule has 0 radical (unpaired) electrons. The number of rotatable bonds is 2. The Morgan fingerprint density at radius 1 is 1.18 bits per heavy atom. The summed E-state index contributed by atoms with van der Waals surface area (Å²) in [4.78, 5) is 0. The Morgan fingerprint density at radius 2 is 1.91 bits per heavy atom. The first-order valence-electron chi connectivity index (χ1n) is 3.47. The van der Waals surface area contributed by atoms with Gasteiger partial charge in [0.2, 0.25) is 0 Å². The lowest BCUT2D eigenvalue weighted by Crippen LogP contribution is -1.96. The molecule has 11 heavy (non-hydrogen) atoms. The van der Waals surface area contributed by atoms with Crippen LogP contribution in [0.3, 0.4) is 0 Å². The van der Waals surface area contributed by atoms with Crippen LogP contribution in [0, 0.1) is 0 Å². The van der Waals surface area contributed by atoms with Crippen LogP contribution in [0.1, 0.15) is 0 Å². The predicted molar refractivity (Wildman–Crippen MR) is 47.2 cm³/mol. The van der Waals surface area contributed by atoms with E-state index < -0.39 is 0 Å². The van der Waals surface area contributed by atoms with Crippen LogP contribution in [0.5, 0.6) is 5.75 Å². The largest absolute Gasteiger partial charge is 0.506 e. The van der Waals surface area contributed by atoms with Crippen molar-refractivity contribution < 1.29 is 5.11 Å². The number of anilines is 2. The van der Waals surface area contributed by atoms with Crippen molar-refractivity contribution in [2.45, 2.75) is 0 Å². The first-order valence-corrected chi connectivity index (χ1v) is 3.47. The fourth-order valence-corrected chi connectivity index (χ4v) is 1.01. The average molecular weight is 152 g/mol. The summed E-state index contributed by atoms with van der Waals surface area (Å²) in [5.41, 5.74) is 1.63. The third kappa shape index (κ3) is 1.37. The normalized spacial score (nSPS) is 9.27. The van der Waals surface area contributed by atoms with Crippen molar-refractivity contribution in [2.24, 2.45) is 0 Å². The van der Waals surface area contributed by atoms with Gasteiger partial charge in [-0.1, -0.05) is 6.07 Å². The number of para-hydroxylation sites is 1. The fourth-order valence-electron chi connectivity index (χ4n) is 1.01. The van der Waals surface area contributed by atoms with E-state index in [9.17, 15) is 5.11 Å². The van der Waals surface area contributed by atoms with Gasteiger partial charge in [0.05, 0.1) is 11.4 Å². The molecule has 60 valence electrons. The zero-order valence-corrected chi connectivity index (χ0v) is 6.68. The summed E-state index contributed by atoms with van der Waals surface area (Å²) < 4.78 is 0. The molecule has 3 nitrogen and oxygen atoms in total. The van der Waals surface area contributed by atoms with Gasteiger partial charge in [-0.3, -0.25) is 0 Å². The molecule has 1 rings (SSSR count). The SMILES string of the molecule is CNc1cccc(O)c1NC. The Bertz CT molecular complexity index is 248. The first-order chi connectivity index (χ1) is 5.29. The lowest BCUT2D eigenvalue weighted by atomic mass is 10.2. The topological polar surface area (TPSA) is 44.3 Å². The number of nitrogens with one attached hydrogen (secondary N) is 2. The molecule has 0 saturated carbocycles. The Morgan fingerprint density at radius 3 is 2.36 bits per heavy atom. The highest BCUT2D eigenvalue weighted by Crippen LogP contribution is 2.30. The third-order valence-electron chi connectivity index (χ3n) is 1.56. The number of phenols is 1. The molecule has 0 spiro atoms. The molecule has 3 N–H and O–H groups in total. The molecule has 1 aromatic carbocycles. The lowest BCUT2D eigenvalue weighted by Gasteiger charge is -2.09. The van der Waals surface area contributed by atoms with E-state index in [4.69, 9.17) is 0 Å². The van der Waals surface area contributed by atoms with E-state index in [0.717, 1.165) is 11.4 Å². The van der Waals surface area contributed by atoms with Crippen LogP contribution in [-0.2, 0) is 0 Å². The van der Waals surface area contributed by atoms with E-state index in [0.29, 0.717) is 0 Å². The molecule has 3 heteroatoms. The molecule has 0 atom stereocenters. The van der Waals surface area contributed by atoms with Crippen molar-refractivity contribution in [2.75, 3.05) is 24.7 Å². The average Bonchev–Trinajstić information content (AvgIpc) is 2.04. The summed E-state index contributed by atoms with van der Waals surface area (Å²) in [5, 5.41) is 15.2. The first kappa shape index (κ1) is 7.72. The molecule has 0 unspecified atom stereocenters. The van der Waals surface area contributed by atoms with E-state index in [1.807, 2.05) is 13.1 Å². The Hall–Kier alpha value is -1.38. The highest BCUT2D eigenvalue weighted by atomic mass is 16.3. The maximum absolute atomic E-state index is 9.32. The van der Waals surface area contributed by atoms with Crippen molar-refractivity contribution in [3.05, 3.63) is 18.2 Å². The predicted octanol–water partition coefficient (Wildman–Crippen LogP) is 1.48. The number of hydrogen-bond acceptors (Lipinski definition) is 3. The number of aromatic hydroxyl groups is 1. The summed E-state index contributed by atoms with van der Waals surface area (Å²) in [6.07, 6.45) is 0. The minimum atomic E-state index is 0.263. The Balaban J connectivity index is 3.13. The molecular formula is C8H12N2O. The molecule has 0 bridgehead atoms. The van der Waals surface area contributed by atoms with Crippen LogP contribution >= 0.6 is 0 Å². The van der Waals surface area contributed by atoms with Crippen LogP contribution < -0.4 is 10.6 Å². The minimum Gasteiger partial charge on any atom is -0.506 e. The van der Waals surface area contributed by atoms with Crippen molar-refractivity contribution in [3.63, 3.8) is 0 Å². The van der Waals surface area contributed by atoms with Gasteiger partial charge < -0.3 is 15.7 Å². The maximum atomic E-state index is 9.32. The Kier molecular flexibility index (Phi) is 2.21. The lowest BCUT2D eigenvalue weighted by molar-refractivity contribution is 0.478. The summed E-state index contributed by atoms with van der Waals surface area (Å²) >= 11 is 0. The van der Waals surface area contributed by atoms with Gasteiger partial charge in [-0.15, -0.1) is 0 Å². The van der Waals surface area contributed by atoms with Gasteiger partial charge in [0.15, 0.2) is 0 Å². The molecule has 0 aromatic heterocycles. The summed E-state index contributed by atoms with van der Waals surface area (Å²) in [6, 6.07) is 5.33. The van der Waals surface area contributed by atoms with Crippen LogP contribution in [-0.4, -0.2) is 19.2 Å². The second-order valence-corrected chi connectivity index (χ2v) is 2.20. The monoisotopic (exact) mass is 152 g/mol. The van der Waals surface area contributed by atoms with Crippen LogP contribution in [0.25, 0.3) is 0 Å². The summed E-state index contributed by atoms with van der Waals surface area (Å²) in [6.45, 7) is 0. The van der Waals surface area contributed by atoms with Gasteiger partial charge in [0, 0.05) is 14.1 Å². The summed E-state index contributed by atoms with van der Waals surface area (Å²) in [5.74, 6) is 0.263. The van der Waals surface area contributed by atoms with Crippen LogP contribution in [0.4, 0.5) is 11.4 Å². The number of benzene rings is 1. The molecular weight excluding hydrogens is 140 g/mol. The number of phenolic OH excluding ortho intramolecular Hbond substituents is 1. The minimum absolute atomic E-state index is 0.263. The van der Waals surface area contributed by atoms with E-state index in [2.05, 4.69) is 10.6 Å². The van der Waals surface area contributed by atoms with Crippen molar-refractivity contribution in [3.8, 4) is 5.75 Å². The van der Waals surface area contributed by atoms with E-state index in [1.165, 1.54) is 0 Å². The van der Waals surface area contributed by atoms with Crippen LogP contribution in [0.15, 0.2) is 18.2 Å². The van der Waals surface area contributed by atoms with E-state index in [-0.39, 0.29) is 5.75 Å². The van der Waals surface area contributed by atoms with Gasteiger partial charge in [-0.2, -0.15) is 0 Å². The molecule has 0 aliphatic rings. The molecule has 0 aliphatic heterocycles. The molecule has 0 fully saturated rings. The molecule has 0 aliphatic carbocycles. The second kappa shape index (κ2) is 3.14. The highest BCUT2D eigenvalue weighted by Gasteiger charge is 2.01. The Labute approximate surface area is 66.1 Å². The van der Waals surface area contributed by atoms with Gasteiger partial charge in [0.25, 0.3) is 0 Å². The van der Waals surface area contributed by atoms with Gasteiger partial charge in [-0.25, -0.2) is 0 Å². The summed E-state index contributed by atoms with van der Waals surface area (Å²) in [7, 11) is 3.59. The van der Waals surface area contributed by atoms with Crippen molar-refractivity contribution in [1.82, 2.24) is 0 Å².